The Balaban J connectivity index is 1.86. The second-order valence-corrected chi connectivity index (χ2v) is 6.38. The SMILES string of the molecule is O[C@]12CC[C@H]3C[C@@H]4C=CC5C31[C@@]54CC2. The van der Waals surface area contributed by atoms with Gasteiger partial charge in [0.1, 0.15) is 0 Å². The zero-order valence-electron chi connectivity index (χ0n) is 8.37. The fraction of sp³-hybridized carbons (Fsp3) is 0.846. The topological polar surface area (TPSA) is 20.2 Å². The van der Waals surface area contributed by atoms with E-state index in [1.807, 2.05) is 0 Å². The van der Waals surface area contributed by atoms with E-state index in [0.29, 0.717) is 10.8 Å². The molecule has 0 saturated heterocycles. The molecule has 4 fully saturated rings. The summed E-state index contributed by atoms with van der Waals surface area (Å²) in [5, 5.41) is 10.8. The van der Waals surface area contributed by atoms with Gasteiger partial charge in [-0.25, -0.2) is 0 Å². The van der Waals surface area contributed by atoms with Gasteiger partial charge >= 0.3 is 0 Å². The third-order valence-corrected chi connectivity index (χ3v) is 6.74. The van der Waals surface area contributed by atoms with Crippen molar-refractivity contribution in [3.8, 4) is 0 Å². The Bertz CT molecular complexity index is 387. The van der Waals surface area contributed by atoms with Crippen molar-refractivity contribution in [2.45, 2.75) is 37.7 Å². The number of hydrogen-bond acceptors (Lipinski definition) is 1. The van der Waals surface area contributed by atoms with E-state index in [0.717, 1.165) is 30.6 Å². The Hall–Kier alpha value is -0.300. The van der Waals surface area contributed by atoms with Gasteiger partial charge in [0.15, 0.2) is 0 Å². The summed E-state index contributed by atoms with van der Waals surface area (Å²) < 4.78 is 0. The Morgan fingerprint density at radius 2 is 2.07 bits per heavy atom. The molecule has 14 heavy (non-hydrogen) atoms. The Labute approximate surface area is 84.2 Å². The van der Waals surface area contributed by atoms with Gasteiger partial charge in [-0.2, -0.15) is 0 Å². The summed E-state index contributed by atoms with van der Waals surface area (Å²) in [6.45, 7) is 0. The van der Waals surface area contributed by atoms with E-state index in [-0.39, 0.29) is 5.60 Å². The second kappa shape index (κ2) is 1.53. The van der Waals surface area contributed by atoms with Crippen LogP contribution in [0, 0.1) is 28.6 Å². The summed E-state index contributed by atoms with van der Waals surface area (Å²) in [6.07, 6.45) is 11.2. The zero-order chi connectivity index (χ0) is 9.18. The molecule has 6 atom stereocenters. The van der Waals surface area contributed by atoms with E-state index in [1.54, 1.807) is 0 Å². The fourth-order valence-corrected chi connectivity index (χ4v) is 6.67. The molecule has 0 aromatic rings. The molecule has 4 saturated carbocycles. The van der Waals surface area contributed by atoms with Crippen LogP contribution in [-0.4, -0.2) is 10.7 Å². The minimum Gasteiger partial charge on any atom is -0.389 e. The van der Waals surface area contributed by atoms with E-state index < -0.39 is 0 Å². The maximum atomic E-state index is 10.8. The quantitative estimate of drug-likeness (QED) is 0.577. The number of rotatable bonds is 0. The molecule has 5 aliphatic rings. The summed E-state index contributed by atoms with van der Waals surface area (Å²) in [5.74, 6) is 2.52. The molecule has 0 aliphatic heterocycles. The molecule has 1 N–H and O–H groups in total. The molecule has 0 amide bonds. The molecule has 74 valence electrons. The van der Waals surface area contributed by atoms with E-state index in [2.05, 4.69) is 12.2 Å². The predicted octanol–water partition coefficient (Wildman–Crippen LogP) is 2.11. The van der Waals surface area contributed by atoms with Crippen LogP contribution >= 0.6 is 0 Å². The molecule has 1 nitrogen and oxygen atoms in total. The van der Waals surface area contributed by atoms with Gasteiger partial charge in [-0.05, 0) is 55.3 Å². The molecule has 2 unspecified atom stereocenters. The molecule has 0 aromatic heterocycles. The first-order valence-electron chi connectivity index (χ1n) is 6.16. The van der Waals surface area contributed by atoms with Gasteiger partial charge in [0.2, 0.25) is 0 Å². The van der Waals surface area contributed by atoms with E-state index in [4.69, 9.17) is 0 Å². The first-order chi connectivity index (χ1) is 6.76. The first kappa shape index (κ1) is 7.05. The third kappa shape index (κ3) is 0.352. The van der Waals surface area contributed by atoms with Crippen molar-refractivity contribution in [3.05, 3.63) is 12.2 Å². The van der Waals surface area contributed by atoms with Gasteiger partial charge in [0.25, 0.3) is 0 Å². The molecule has 2 spiro atoms. The highest BCUT2D eigenvalue weighted by Crippen LogP contribution is 2.95. The lowest BCUT2D eigenvalue weighted by Crippen LogP contribution is -2.35. The van der Waals surface area contributed by atoms with Crippen LogP contribution in [0.5, 0.6) is 0 Å². The molecule has 0 radical (unpaired) electrons. The van der Waals surface area contributed by atoms with Gasteiger partial charge < -0.3 is 5.11 Å². The molecular formula is C13H16O. The van der Waals surface area contributed by atoms with Gasteiger partial charge in [0, 0.05) is 5.41 Å². The van der Waals surface area contributed by atoms with Crippen molar-refractivity contribution >= 4 is 0 Å². The maximum absolute atomic E-state index is 10.8. The monoisotopic (exact) mass is 188 g/mol. The first-order valence-corrected chi connectivity index (χ1v) is 6.16. The predicted molar refractivity (Wildman–Crippen MR) is 52.5 cm³/mol. The highest BCUT2D eigenvalue weighted by Gasteiger charge is 2.94. The van der Waals surface area contributed by atoms with Gasteiger partial charge in [-0.15, -0.1) is 0 Å². The summed E-state index contributed by atoms with van der Waals surface area (Å²) >= 11 is 0. The van der Waals surface area contributed by atoms with Crippen molar-refractivity contribution in [1.29, 1.82) is 0 Å². The van der Waals surface area contributed by atoms with Crippen molar-refractivity contribution in [1.82, 2.24) is 0 Å². The summed E-state index contributed by atoms with van der Waals surface area (Å²) in [5.41, 5.74) is 0.754. The minimum atomic E-state index is -0.234. The highest BCUT2D eigenvalue weighted by molar-refractivity contribution is 5.48. The lowest BCUT2D eigenvalue weighted by atomic mass is 9.81. The average Bonchev–Trinajstić information content (AvgIpc) is 2.48. The summed E-state index contributed by atoms with van der Waals surface area (Å²) in [4.78, 5) is 0. The molecule has 0 bridgehead atoms. The lowest BCUT2D eigenvalue weighted by Gasteiger charge is -2.29. The van der Waals surface area contributed by atoms with Gasteiger partial charge in [-0.1, -0.05) is 12.2 Å². The average molecular weight is 188 g/mol. The fourth-order valence-electron chi connectivity index (χ4n) is 6.67. The Morgan fingerprint density at radius 1 is 1.14 bits per heavy atom. The normalized spacial score (nSPS) is 75.4. The summed E-state index contributed by atoms with van der Waals surface area (Å²) in [7, 11) is 0. The molecule has 0 aromatic carbocycles. The van der Waals surface area contributed by atoms with Crippen LogP contribution in [0.3, 0.4) is 0 Å². The van der Waals surface area contributed by atoms with Gasteiger partial charge in [0.05, 0.1) is 5.60 Å². The Kier molecular flexibility index (Phi) is 0.771. The van der Waals surface area contributed by atoms with Crippen molar-refractivity contribution in [3.63, 3.8) is 0 Å². The van der Waals surface area contributed by atoms with Crippen molar-refractivity contribution in [2.24, 2.45) is 28.6 Å². The molecular weight excluding hydrogens is 172 g/mol. The summed E-state index contributed by atoms with van der Waals surface area (Å²) in [6, 6.07) is 0. The van der Waals surface area contributed by atoms with Crippen LogP contribution in [0.1, 0.15) is 32.1 Å². The number of hydrogen-bond donors (Lipinski definition) is 1. The van der Waals surface area contributed by atoms with Crippen LogP contribution in [0.4, 0.5) is 0 Å². The number of allylic oxidation sites excluding steroid dienone is 2. The van der Waals surface area contributed by atoms with E-state index in [1.165, 1.54) is 19.3 Å². The molecule has 5 aliphatic carbocycles. The van der Waals surface area contributed by atoms with Crippen molar-refractivity contribution < 1.29 is 5.11 Å². The van der Waals surface area contributed by atoms with E-state index >= 15 is 0 Å². The van der Waals surface area contributed by atoms with Gasteiger partial charge in [-0.3, -0.25) is 0 Å². The largest absolute Gasteiger partial charge is 0.389 e. The second-order valence-electron chi connectivity index (χ2n) is 6.38. The maximum Gasteiger partial charge on any atom is 0.0718 e. The zero-order valence-corrected chi connectivity index (χ0v) is 8.37. The third-order valence-electron chi connectivity index (χ3n) is 6.74. The molecule has 5 rings (SSSR count). The smallest absolute Gasteiger partial charge is 0.0718 e. The van der Waals surface area contributed by atoms with Crippen LogP contribution in [0.2, 0.25) is 0 Å². The minimum absolute atomic E-state index is 0.234. The standard InChI is InChI=1S/C13H16O/c14-11-4-3-9-7-8-1-2-10-12(8,6-5-11)13(9,10)11/h1-2,8-10,14H,3-7H2/t8-,9-,10?,11-,12+,13?/m0/s1. The van der Waals surface area contributed by atoms with Crippen LogP contribution < -0.4 is 0 Å². The lowest BCUT2D eigenvalue weighted by molar-refractivity contribution is -0.0158. The Morgan fingerprint density at radius 3 is 2.93 bits per heavy atom. The molecule has 1 heteroatoms. The van der Waals surface area contributed by atoms with Crippen LogP contribution in [-0.2, 0) is 0 Å². The van der Waals surface area contributed by atoms with Crippen LogP contribution in [0.15, 0.2) is 12.2 Å². The highest BCUT2D eigenvalue weighted by atomic mass is 16.3. The van der Waals surface area contributed by atoms with E-state index in [9.17, 15) is 5.11 Å². The molecule has 0 heterocycles. The van der Waals surface area contributed by atoms with Crippen LogP contribution in [0.25, 0.3) is 0 Å². The van der Waals surface area contributed by atoms with Crippen molar-refractivity contribution in [2.75, 3.05) is 0 Å². The number of aliphatic hydroxyl groups is 1.